The third-order valence-corrected chi connectivity index (χ3v) is 2.64. The summed E-state index contributed by atoms with van der Waals surface area (Å²) in [6.07, 6.45) is 0.663. The Balaban J connectivity index is 2.32. The van der Waals surface area contributed by atoms with Gasteiger partial charge in [-0.15, -0.1) is 5.10 Å². The van der Waals surface area contributed by atoms with Crippen molar-refractivity contribution in [2.24, 2.45) is 21.9 Å². The van der Waals surface area contributed by atoms with Crippen molar-refractivity contribution in [1.82, 2.24) is 0 Å². The second-order valence-electron chi connectivity index (χ2n) is 3.99. The summed E-state index contributed by atoms with van der Waals surface area (Å²) in [7, 11) is 0. The second-order valence-corrected chi connectivity index (χ2v) is 3.99. The molecule has 0 spiro atoms. The van der Waals surface area contributed by atoms with Crippen molar-refractivity contribution < 1.29 is 4.92 Å². The van der Waals surface area contributed by atoms with Crippen LogP contribution in [0.1, 0.15) is 18.9 Å². The summed E-state index contributed by atoms with van der Waals surface area (Å²) in [6.45, 7) is 2.00. The Morgan fingerprint density at radius 1 is 1.35 bits per heavy atom. The highest BCUT2D eigenvalue weighted by Crippen LogP contribution is 2.19. The van der Waals surface area contributed by atoms with Gasteiger partial charge in [-0.1, -0.05) is 6.92 Å². The molecule has 1 heterocycles. The molecule has 0 aromatic heterocycles. The molecule has 1 aromatic rings. The Bertz CT molecular complexity index is 505. The van der Waals surface area contributed by atoms with E-state index in [4.69, 9.17) is 5.73 Å². The SMILES string of the molecule is CC1CC(N)=NN=C1c1ccc([N+](=O)[O-])cc1. The smallest absolute Gasteiger partial charge is 0.269 e. The topological polar surface area (TPSA) is 93.9 Å². The summed E-state index contributed by atoms with van der Waals surface area (Å²) < 4.78 is 0. The van der Waals surface area contributed by atoms with Gasteiger partial charge in [0.2, 0.25) is 0 Å². The van der Waals surface area contributed by atoms with E-state index in [0.717, 1.165) is 11.3 Å². The van der Waals surface area contributed by atoms with E-state index in [-0.39, 0.29) is 11.6 Å². The molecule has 6 nitrogen and oxygen atoms in total. The molecule has 0 amide bonds. The van der Waals surface area contributed by atoms with Gasteiger partial charge in [0.05, 0.1) is 10.6 Å². The molecule has 17 heavy (non-hydrogen) atoms. The number of nitrogens with zero attached hydrogens (tertiary/aromatic N) is 3. The van der Waals surface area contributed by atoms with Crippen molar-refractivity contribution in [3.63, 3.8) is 0 Å². The van der Waals surface area contributed by atoms with Crippen molar-refractivity contribution in [1.29, 1.82) is 0 Å². The van der Waals surface area contributed by atoms with E-state index in [9.17, 15) is 10.1 Å². The summed E-state index contributed by atoms with van der Waals surface area (Å²) in [6, 6.07) is 6.30. The maximum atomic E-state index is 10.5. The normalized spacial score (nSPS) is 19.5. The van der Waals surface area contributed by atoms with Crippen LogP contribution in [0.25, 0.3) is 0 Å². The molecule has 0 saturated carbocycles. The quantitative estimate of drug-likeness (QED) is 0.621. The molecule has 0 radical (unpaired) electrons. The third-order valence-electron chi connectivity index (χ3n) is 2.64. The first kappa shape index (κ1) is 11.3. The molecule has 88 valence electrons. The van der Waals surface area contributed by atoms with Crippen LogP contribution in [0.4, 0.5) is 5.69 Å². The predicted octanol–water partition coefficient (Wildman–Crippen LogP) is 1.70. The first-order chi connectivity index (χ1) is 8.08. The summed E-state index contributed by atoms with van der Waals surface area (Å²) in [4.78, 5) is 10.1. The lowest BCUT2D eigenvalue weighted by molar-refractivity contribution is -0.384. The number of rotatable bonds is 2. The molecule has 1 aliphatic heterocycles. The Hall–Kier alpha value is -2.24. The number of non-ortho nitro benzene ring substituents is 1. The van der Waals surface area contributed by atoms with E-state index in [1.54, 1.807) is 12.1 Å². The fourth-order valence-electron chi connectivity index (χ4n) is 1.76. The van der Waals surface area contributed by atoms with E-state index >= 15 is 0 Å². The van der Waals surface area contributed by atoms with Gasteiger partial charge in [-0.25, -0.2) is 0 Å². The number of hydrogen-bond donors (Lipinski definition) is 1. The molecule has 0 saturated heterocycles. The average Bonchev–Trinajstić information content (AvgIpc) is 2.29. The minimum Gasteiger partial charge on any atom is -0.386 e. The molecule has 1 aromatic carbocycles. The van der Waals surface area contributed by atoms with Gasteiger partial charge in [-0.05, 0) is 17.7 Å². The Morgan fingerprint density at radius 3 is 2.53 bits per heavy atom. The molecule has 2 N–H and O–H groups in total. The summed E-state index contributed by atoms with van der Waals surface area (Å²) in [5, 5.41) is 18.4. The molecule has 2 rings (SSSR count). The number of hydrogen-bond acceptors (Lipinski definition) is 5. The zero-order valence-electron chi connectivity index (χ0n) is 9.33. The largest absolute Gasteiger partial charge is 0.386 e. The molecule has 0 aliphatic carbocycles. The van der Waals surface area contributed by atoms with Crippen LogP contribution in [-0.4, -0.2) is 16.5 Å². The second kappa shape index (κ2) is 4.32. The number of nitrogens with two attached hydrogens (primary N) is 1. The van der Waals surface area contributed by atoms with Crippen molar-refractivity contribution in [2.75, 3.05) is 0 Å². The number of nitro groups is 1. The lowest BCUT2D eigenvalue weighted by atomic mass is 9.94. The van der Waals surface area contributed by atoms with Gasteiger partial charge < -0.3 is 5.73 Å². The summed E-state index contributed by atoms with van der Waals surface area (Å²) in [5.41, 5.74) is 7.31. The molecule has 0 bridgehead atoms. The highest BCUT2D eigenvalue weighted by atomic mass is 16.6. The Kier molecular flexibility index (Phi) is 2.86. The van der Waals surface area contributed by atoms with Gasteiger partial charge >= 0.3 is 0 Å². The molecule has 6 heteroatoms. The van der Waals surface area contributed by atoms with Gasteiger partial charge in [-0.2, -0.15) is 5.10 Å². The van der Waals surface area contributed by atoms with Gasteiger partial charge in [0.25, 0.3) is 5.69 Å². The molecule has 1 unspecified atom stereocenters. The maximum Gasteiger partial charge on any atom is 0.269 e. The van der Waals surface area contributed by atoms with Crippen LogP contribution in [0, 0.1) is 16.0 Å². The minimum absolute atomic E-state index is 0.0702. The van der Waals surface area contributed by atoms with Crippen LogP contribution in [0.5, 0.6) is 0 Å². The van der Waals surface area contributed by atoms with Crippen molar-refractivity contribution in [2.45, 2.75) is 13.3 Å². The van der Waals surface area contributed by atoms with Gasteiger partial charge in [0.1, 0.15) is 5.84 Å². The number of benzene rings is 1. The highest BCUT2D eigenvalue weighted by molar-refractivity contribution is 6.05. The van der Waals surface area contributed by atoms with Crippen LogP contribution >= 0.6 is 0 Å². The Morgan fingerprint density at radius 2 is 2.00 bits per heavy atom. The van der Waals surface area contributed by atoms with Crippen LogP contribution in [-0.2, 0) is 0 Å². The van der Waals surface area contributed by atoms with E-state index in [1.165, 1.54) is 12.1 Å². The van der Waals surface area contributed by atoms with Crippen LogP contribution in [0.3, 0.4) is 0 Å². The van der Waals surface area contributed by atoms with Crippen LogP contribution < -0.4 is 5.73 Å². The standard InChI is InChI=1S/C11H12N4O2/c1-7-6-10(12)13-14-11(7)8-2-4-9(5-3-8)15(16)17/h2-5,7H,6H2,1H3,(H2,12,13). The van der Waals surface area contributed by atoms with Crippen molar-refractivity contribution in [3.8, 4) is 0 Å². The van der Waals surface area contributed by atoms with Crippen LogP contribution in [0.2, 0.25) is 0 Å². The number of amidine groups is 1. The zero-order chi connectivity index (χ0) is 12.4. The van der Waals surface area contributed by atoms with Gasteiger partial charge in [-0.3, -0.25) is 10.1 Å². The minimum atomic E-state index is -0.425. The van der Waals surface area contributed by atoms with E-state index in [2.05, 4.69) is 10.2 Å². The number of nitro benzene ring substituents is 1. The average molecular weight is 232 g/mol. The summed E-state index contributed by atoms with van der Waals surface area (Å²) >= 11 is 0. The van der Waals surface area contributed by atoms with Crippen molar-refractivity contribution in [3.05, 3.63) is 39.9 Å². The molecule has 1 aliphatic rings. The van der Waals surface area contributed by atoms with Gasteiger partial charge in [0, 0.05) is 24.5 Å². The summed E-state index contributed by atoms with van der Waals surface area (Å²) in [5.74, 6) is 0.692. The third kappa shape index (κ3) is 2.30. The lowest BCUT2D eigenvalue weighted by Crippen LogP contribution is -2.25. The molecule has 0 fully saturated rings. The zero-order valence-corrected chi connectivity index (χ0v) is 9.33. The lowest BCUT2D eigenvalue weighted by Gasteiger charge is -2.16. The Labute approximate surface area is 98.0 Å². The monoisotopic (exact) mass is 232 g/mol. The molecular formula is C11H12N4O2. The first-order valence-corrected chi connectivity index (χ1v) is 5.22. The maximum absolute atomic E-state index is 10.5. The fraction of sp³-hybridized carbons (Fsp3) is 0.273. The van der Waals surface area contributed by atoms with Crippen molar-refractivity contribution >= 4 is 17.2 Å². The van der Waals surface area contributed by atoms with Gasteiger partial charge in [0.15, 0.2) is 0 Å². The fourth-order valence-corrected chi connectivity index (χ4v) is 1.76. The van der Waals surface area contributed by atoms with E-state index in [1.807, 2.05) is 6.92 Å². The highest BCUT2D eigenvalue weighted by Gasteiger charge is 2.19. The van der Waals surface area contributed by atoms with Crippen LogP contribution in [0.15, 0.2) is 34.5 Å². The van der Waals surface area contributed by atoms with E-state index in [0.29, 0.717) is 12.3 Å². The first-order valence-electron chi connectivity index (χ1n) is 5.22. The predicted molar refractivity (Wildman–Crippen MR) is 65.0 cm³/mol. The molecule has 1 atom stereocenters. The van der Waals surface area contributed by atoms with E-state index < -0.39 is 4.92 Å². The molecular weight excluding hydrogens is 220 g/mol.